The molecule has 0 N–H and O–H groups in total. The standard InChI is InChI=1S/C52H31N3O2S/c1-2-12-31(13-3-1)32-26-28-33(29-27-32)50-53-51(55-52(54-50)39-19-11-25-46-49(39)38-16-5-7-24-45(38)58-46)34-14-8-21-42-40(30-34)48-36(18-10-23-44(48)57-42)35-17-9-22-43-47(35)37-15-4-6-20-41(37)56-43/h1-29H,30H2. The number of aromatic nitrogens is 3. The highest BCUT2D eigenvalue weighted by molar-refractivity contribution is 7.25. The quantitative estimate of drug-likeness (QED) is 0.175. The van der Waals surface area contributed by atoms with Gasteiger partial charge in [-0.05, 0) is 58.7 Å². The maximum absolute atomic E-state index is 6.62. The second-order valence-corrected chi connectivity index (χ2v) is 15.7. The van der Waals surface area contributed by atoms with Crippen molar-refractivity contribution in [3.63, 3.8) is 0 Å². The average Bonchev–Trinajstić information content (AvgIpc) is 3.92. The van der Waals surface area contributed by atoms with Crippen LogP contribution in [0.3, 0.4) is 0 Å². The molecule has 0 radical (unpaired) electrons. The molecule has 1 aliphatic carbocycles. The average molecular weight is 762 g/mol. The van der Waals surface area contributed by atoms with E-state index < -0.39 is 0 Å². The van der Waals surface area contributed by atoms with E-state index in [0.717, 1.165) is 88.6 Å². The van der Waals surface area contributed by atoms with Gasteiger partial charge in [-0.1, -0.05) is 140 Å². The molecule has 0 aliphatic heterocycles. The van der Waals surface area contributed by atoms with E-state index in [4.69, 9.17) is 23.8 Å². The molecule has 0 amide bonds. The maximum Gasteiger partial charge on any atom is 0.164 e. The van der Waals surface area contributed by atoms with Crippen molar-refractivity contribution in [2.45, 2.75) is 6.42 Å². The van der Waals surface area contributed by atoms with E-state index in [-0.39, 0.29) is 0 Å². The van der Waals surface area contributed by atoms with Gasteiger partial charge in [-0.2, -0.15) is 0 Å². The lowest BCUT2D eigenvalue weighted by atomic mass is 9.93. The van der Waals surface area contributed by atoms with Crippen LogP contribution in [0.2, 0.25) is 0 Å². The van der Waals surface area contributed by atoms with E-state index in [2.05, 4.69) is 152 Å². The van der Waals surface area contributed by atoms with Crippen LogP contribution in [0.15, 0.2) is 179 Å². The molecule has 12 rings (SSSR count). The molecule has 11 aromatic rings. The molecule has 1 aliphatic rings. The Morgan fingerprint density at radius 2 is 1.05 bits per heavy atom. The minimum Gasteiger partial charge on any atom is -0.456 e. The van der Waals surface area contributed by atoms with Crippen LogP contribution in [-0.4, -0.2) is 15.0 Å². The minimum atomic E-state index is 0.565. The first-order valence-corrected chi connectivity index (χ1v) is 20.2. The Labute approximate surface area is 336 Å². The third kappa shape index (κ3) is 5.26. The summed E-state index contributed by atoms with van der Waals surface area (Å²) in [5.41, 5.74) is 11.1. The second kappa shape index (κ2) is 13.1. The molecule has 0 atom stereocenters. The van der Waals surface area contributed by atoms with Crippen molar-refractivity contribution >= 4 is 76.1 Å². The maximum atomic E-state index is 6.62. The minimum absolute atomic E-state index is 0.565. The third-order valence-corrected chi connectivity index (χ3v) is 12.4. The summed E-state index contributed by atoms with van der Waals surface area (Å²) in [6, 6.07) is 54.8. The molecule has 4 heterocycles. The Bertz CT molecular complexity index is 3480. The summed E-state index contributed by atoms with van der Waals surface area (Å²) in [4.78, 5) is 15.8. The number of para-hydroxylation sites is 1. The monoisotopic (exact) mass is 761 g/mol. The molecular formula is C52H31N3O2S. The zero-order valence-corrected chi connectivity index (χ0v) is 31.8. The van der Waals surface area contributed by atoms with Crippen LogP contribution in [0.25, 0.3) is 110 Å². The van der Waals surface area contributed by atoms with E-state index in [1.807, 2.05) is 24.3 Å². The molecule has 0 unspecified atom stereocenters. The van der Waals surface area contributed by atoms with E-state index in [0.29, 0.717) is 23.9 Å². The molecule has 58 heavy (non-hydrogen) atoms. The van der Waals surface area contributed by atoms with Crippen LogP contribution in [-0.2, 0) is 6.42 Å². The van der Waals surface area contributed by atoms with Crippen LogP contribution < -0.4 is 0 Å². The van der Waals surface area contributed by atoms with Gasteiger partial charge < -0.3 is 8.83 Å². The third-order valence-electron chi connectivity index (χ3n) is 11.3. The first-order chi connectivity index (χ1) is 28.7. The van der Waals surface area contributed by atoms with Gasteiger partial charge in [0.25, 0.3) is 0 Å². The van der Waals surface area contributed by atoms with Gasteiger partial charge in [0.15, 0.2) is 17.5 Å². The Morgan fingerprint density at radius 1 is 0.431 bits per heavy atom. The lowest BCUT2D eigenvalue weighted by molar-refractivity contribution is 0.600. The van der Waals surface area contributed by atoms with E-state index >= 15 is 0 Å². The lowest BCUT2D eigenvalue weighted by Crippen LogP contribution is -2.04. The summed E-state index contributed by atoms with van der Waals surface area (Å²) in [5.74, 6) is 2.74. The topological polar surface area (TPSA) is 65.0 Å². The number of benzene rings is 7. The van der Waals surface area contributed by atoms with E-state index in [9.17, 15) is 0 Å². The largest absolute Gasteiger partial charge is 0.456 e. The van der Waals surface area contributed by atoms with Gasteiger partial charge in [0.1, 0.15) is 22.5 Å². The van der Waals surface area contributed by atoms with Gasteiger partial charge in [0.05, 0.1) is 0 Å². The van der Waals surface area contributed by atoms with Crippen molar-refractivity contribution < 1.29 is 8.83 Å². The predicted molar refractivity (Wildman–Crippen MR) is 239 cm³/mol. The molecule has 6 heteroatoms. The first kappa shape index (κ1) is 32.8. The number of furan rings is 2. The second-order valence-electron chi connectivity index (χ2n) is 14.7. The summed E-state index contributed by atoms with van der Waals surface area (Å²) < 4.78 is 15.4. The Kier molecular flexibility index (Phi) is 7.40. The zero-order chi connectivity index (χ0) is 38.2. The zero-order valence-electron chi connectivity index (χ0n) is 31.0. The highest BCUT2D eigenvalue weighted by atomic mass is 32.1. The Hall–Kier alpha value is -7.41. The summed E-state index contributed by atoms with van der Waals surface area (Å²) in [6.07, 6.45) is 6.80. The fourth-order valence-electron chi connectivity index (χ4n) is 8.59. The molecule has 0 saturated heterocycles. The molecular weight excluding hydrogens is 731 g/mol. The predicted octanol–water partition coefficient (Wildman–Crippen LogP) is 14.2. The van der Waals surface area contributed by atoms with Crippen LogP contribution in [0.5, 0.6) is 0 Å². The summed E-state index contributed by atoms with van der Waals surface area (Å²) in [5, 5.41) is 5.63. The highest BCUT2D eigenvalue weighted by Crippen LogP contribution is 2.44. The first-order valence-electron chi connectivity index (χ1n) is 19.4. The highest BCUT2D eigenvalue weighted by Gasteiger charge is 2.24. The van der Waals surface area contributed by atoms with Gasteiger partial charge in [-0.25, -0.2) is 15.0 Å². The van der Waals surface area contributed by atoms with Gasteiger partial charge in [0.2, 0.25) is 0 Å². The molecule has 0 saturated carbocycles. The summed E-state index contributed by atoms with van der Waals surface area (Å²) in [7, 11) is 0. The number of thiophene rings is 1. The smallest absolute Gasteiger partial charge is 0.164 e. The number of allylic oxidation sites excluding steroid dienone is 3. The van der Waals surface area contributed by atoms with Crippen molar-refractivity contribution in [1.29, 1.82) is 0 Å². The van der Waals surface area contributed by atoms with Crippen LogP contribution in [0.4, 0.5) is 0 Å². The van der Waals surface area contributed by atoms with Crippen molar-refractivity contribution in [2.75, 3.05) is 0 Å². The normalized spacial score (nSPS) is 12.8. The van der Waals surface area contributed by atoms with Crippen molar-refractivity contribution in [2.24, 2.45) is 0 Å². The fraction of sp³-hybridized carbons (Fsp3) is 0.0192. The molecule has 0 fully saturated rings. The number of fused-ring (bicyclic) bond motifs is 9. The lowest BCUT2D eigenvalue weighted by Gasteiger charge is -2.12. The van der Waals surface area contributed by atoms with Crippen molar-refractivity contribution in [1.82, 2.24) is 15.0 Å². The van der Waals surface area contributed by atoms with Crippen LogP contribution in [0, 0.1) is 0 Å². The van der Waals surface area contributed by atoms with Gasteiger partial charge in [0, 0.05) is 65.0 Å². The molecule has 0 spiro atoms. The van der Waals surface area contributed by atoms with E-state index in [1.54, 1.807) is 11.3 Å². The van der Waals surface area contributed by atoms with Gasteiger partial charge >= 0.3 is 0 Å². The molecule has 0 bridgehead atoms. The molecule has 4 aromatic heterocycles. The number of rotatable bonds is 5. The molecule has 7 aromatic carbocycles. The Balaban J connectivity index is 1.04. The van der Waals surface area contributed by atoms with E-state index in [1.165, 1.54) is 14.8 Å². The number of nitrogens with zero attached hydrogens (tertiary/aromatic N) is 3. The molecule has 272 valence electrons. The van der Waals surface area contributed by atoms with Crippen LogP contribution in [0.1, 0.15) is 17.1 Å². The van der Waals surface area contributed by atoms with Crippen LogP contribution >= 0.6 is 11.3 Å². The van der Waals surface area contributed by atoms with Gasteiger partial charge in [-0.3, -0.25) is 0 Å². The summed E-state index contributed by atoms with van der Waals surface area (Å²) in [6.45, 7) is 0. The van der Waals surface area contributed by atoms with Crippen molar-refractivity contribution in [3.8, 4) is 45.0 Å². The fourth-order valence-corrected chi connectivity index (χ4v) is 9.72. The summed E-state index contributed by atoms with van der Waals surface area (Å²) >= 11 is 1.79. The number of hydrogen-bond donors (Lipinski definition) is 0. The molecule has 5 nitrogen and oxygen atoms in total. The SMILES string of the molecule is C1=Cc2oc3cccc(-c4cccc5oc6ccccc6c45)c3c2CC(c2nc(-c3ccc(-c4ccccc4)cc3)nc(-c3cccc4sc5ccccc5c34)n2)=C1. The van der Waals surface area contributed by atoms with Crippen molar-refractivity contribution in [3.05, 3.63) is 187 Å². The van der Waals surface area contributed by atoms with Gasteiger partial charge in [-0.15, -0.1) is 11.3 Å². The Morgan fingerprint density at radius 3 is 1.91 bits per heavy atom. The number of hydrogen-bond acceptors (Lipinski definition) is 6.